The number of nitrogens with one attached hydrogen (secondary N) is 1. The van der Waals surface area contributed by atoms with Crippen LogP contribution in [0.25, 0.3) is 0 Å². The molecule has 0 saturated carbocycles. The summed E-state index contributed by atoms with van der Waals surface area (Å²) in [5.74, 6) is 4.48. The number of hydrogen-bond donors (Lipinski definition) is 2. The predicted molar refractivity (Wildman–Crippen MR) is 51.9 cm³/mol. The maximum Gasteiger partial charge on any atom is 0.390 e. The highest BCUT2D eigenvalue weighted by Gasteiger charge is 2.31. The predicted octanol–water partition coefficient (Wildman–Crippen LogP) is 2.15. The van der Waals surface area contributed by atoms with Crippen LogP contribution in [0.2, 0.25) is 0 Å². The van der Waals surface area contributed by atoms with E-state index in [1.807, 2.05) is 5.43 Å². The lowest BCUT2D eigenvalue weighted by atomic mass is 10.0. The first-order chi connectivity index (χ1) is 7.42. The summed E-state index contributed by atoms with van der Waals surface area (Å²) in [5.41, 5.74) is 2.26. The molecule has 1 aromatic rings. The molecule has 1 atom stereocenters. The zero-order chi connectivity index (χ0) is 12.2. The molecule has 0 saturated heterocycles. The molecular formula is C10H12F4N2. The molecule has 0 fully saturated rings. The summed E-state index contributed by atoms with van der Waals surface area (Å²) < 4.78 is 49.5. The van der Waals surface area contributed by atoms with Gasteiger partial charge in [0.05, 0.1) is 6.42 Å². The second-order valence-electron chi connectivity index (χ2n) is 3.48. The SMILES string of the molecule is NNC(Cc1ccccc1F)CC(F)(F)F. The zero-order valence-corrected chi connectivity index (χ0v) is 8.39. The highest BCUT2D eigenvalue weighted by Crippen LogP contribution is 2.23. The smallest absolute Gasteiger partial charge is 0.271 e. The lowest BCUT2D eigenvalue weighted by Gasteiger charge is -2.17. The lowest BCUT2D eigenvalue weighted by Crippen LogP contribution is -2.40. The Labute approximate surface area is 90.4 Å². The fourth-order valence-electron chi connectivity index (χ4n) is 1.40. The van der Waals surface area contributed by atoms with Gasteiger partial charge in [-0.3, -0.25) is 11.3 Å². The summed E-state index contributed by atoms with van der Waals surface area (Å²) in [6.07, 6.45) is -5.50. The number of nitrogens with two attached hydrogens (primary N) is 1. The number of hydrazine groups is 1. The molecule has 1 unspecified atom stereocenters. The second-order valence-corrected chi connectivity index (χ2v) is 3.48. The van der Waals surface area contributed by atoms with Crippen molar-refractivity contribution in [2.45, 2.75) is 25.1 Å². The van der Waals surface area contributed by atoms with Gasteiger partial charge in [0.25, 0.3) is 0 Å². The van der Waals surface area contributed by atoms with Crippen LogP contribution in [-0.4, -0.2) is 12.2 Å². The van der Waals surface area contributed by atoms with Crippen molar-refractivity contribution in [1.29, 1.82) is 0 Å². The van der Waals surface area contributed by atoms with Gasteiger partial charge in [-0.2, -0.15) is 13.2 Å². The average Bonchev–Trinajstić information content (AvgIpc) is 2.18. The molecule has 16 heavy (non-hydrogen) atoms. The van der Waals surface area contributed by atoms with E-state index in [1.54, 1.807) is 6.07 Å². The van der Waals surface area contributed by atoms with Gasteiger partial charge in [-0.15, -0.1) is 0 Å². The topological polar surface area (TPSA) is 38.0 Å². The summed E-state index contributed by atoms with van der Waals surface area (Å²) in [6, 6.07) is 4.68. The summed E-state index contributed by atoms with van der Waals surface area (Å²) in [5, 5.41) is 0. The molecular weight excluding hydrogens is 224 g/mol. The molecule has 3 N–H and O–H groups in total. The first-order valence-electron chi connectivity index (χ1n) is 4.68. The lowest BCUT2D eigenvalue weighted by molar-refractivity contribution is -0.140. The molecule has 2 nitrogen and oxygen atoms in total. The van der Waals surface area contributed by atoms with Gasteiger partial charge in [-0.1, -0.05) is 18.2 Å². The Morgan fingerprint density at radius 2 is 1.88 bits per heavy atom. The molecule has 0 radical (unpaired) electrons. The van der Waals surface area contributed by atoms with Crippen LogP contribution in [-0.2, 0) is 6.42 Å². The molecule has 0 aliphatic heterocycles. The Morgan fingerprint density at radius 1 is 1.25 bits per heavy atom. The summed E-state index contributed by atoms with van der Waals surface area (Å²) in [4.78, 5) is 0. The van der Waals surface area contributed by atoms with Crippen LogP contribution in [0, 0.1) is 5.82 Å². The standard InChI is InChI=1S/C10H12F4N2/c11-9-4-2-1-3-7(9)5-8(16-15)6-10(12,13)14/h1-4,8,16H,5-6,15H2. The first-order valence-corrected chi connectivity index (χ1v) is 4.68. The van der Waals surface area contributed by atoms with Crippen LogP contribution in [0.4, 0.5) is 17.6 Å². The molecule has 1 rings (SSSR count). The number of benzene rings is 1. The van der Waals surface area contributed by atoms with Gasteiger partial charge >= 0.3 is 6.18 Å². The van der Waals surface area contributed by atoms with E-state index in [-0.39, 0.29) is 12.0 Å². The van der Waals surface area contributed by atoms with E-state index < -0.39 is 24.5 Å². The fourth-order valence-corrected chi connectivity index (χ4v) is 1.40. The maximum atomic E-state index is 13.2. The van der Waals surface area contributed by atoms with Crippen molar-refractivity contribution < 1.29 is 17.6 Å². The van der Waals surface area contributed by atoms with Crippen LogP contribution < -0.4 is 11.3 Å². The van der Waals surface area contributed by atoms with E-state index in [0.29, 0.717) is 0 Å². The minimum atomic E-state index is -4.32. The molecule has 0 amide bonds. The fraction of sp³-hybridized carbons (Fsp3) is 0.400. The quantitative estimate of drug-likeness (QED) is 0.477. The van der Waals surface area contributed by atoms with Gasteiger partial charge in [0.15, 0.2) is 0 Å². The average molecular weight is 236 g/mol. The number of rotatable bonds is 4. The largest absolute Gasteiger partial charge is 0.390 e. The Balaban J connectivity index is 2.67. The highest BCUT2D eigenvalue weighted by molar-refractivity contribution is 5.18. The van der Waals surface area contributed by atoms with Crippen molar-refractivity contribution in [3.63, 3.8) is 0 Å². The molecule has 1 aromatic carbocycles. The third kappa shape index (κ3) is 4.16. The third-order valence-corrected chi connectivity index (χ3v) is 2.14. The van der Waals surface area contributed by atoms with E-state index in [1.165, 1.54) is 18.2 Å². The highest BCUT2D eigenvalue weighted by atomic mass is 19.4. The van der Waals surface area contributed by atoms with Gasteiger partial charge in [0.2, 0.25) is 0 Å². The molecule has 0 heterocycles. The maximum absolute atomic E-state index is 13.2. The van der Waals surface area contributed by atoms with E-state index >= 15 is 0 Å². The Hall–Kier alpha value is -1.14. The van der Waals surface area contributed by atoms with Crippen molar-refractivity contribution in [2.24, 2.45) is 5.84 Å². The van der Waals surface area contributed by atoms with E-state index in [9.17, 15) is 17.6 Å². The van der Waals surface area contributed by atoms with Crippen molar-refractivity contribution >= 4 is 0 Å². The Kier molecular flexibility index (Phi) is 4.26. The van der Waals surface area contributed by atoms with Crippen molar-refractivity contribution in [3.05, 3.63) is 35.6 Å². The molecule has 90 valence electrons. The molecule has 0 aromatic heterocycles. The van der Waals surface area contributed by atoms with Crippen LogP contribution in [0.5, 0.6) is 0 Å². The van der Waals surface area contributed by atoms with E-state index in [2.05, 4.69) is 0 Å². The zero-order valence-electron chi connectivity index (χ0n) is 8.39. The normalized spacial score (nSPS) is 13.8. The van der Waals surface area contributed by atoms with Crippen LogP contribution in [0.1, 0.15) is 12.0 Å². The second kappa shape index (κ2) is 5.27. The van der Waals surface area contributed by atoms with Crippen LogP contribution in [0.15, 0.2) is 24.3 Å². The van der Waals surface area contributed by atoms with Gasteiger partial charge < -0.3 is 0 Å². The minimum absolute atomic E-state index is 0.0946. The van der Waals surface area contributed by atoms with Gasteiger partial charge in [-0.25, -0.2) is 4.39 Å². The molecule has 0 aliphatic carbocycles. The van der Waals surface area contributed by atoms with Crippen molar-refractivity contribution in [2.75, 3.05) is 0 Å². The molecule has 0 bridgehead atoms. The van der Waals surface area contributed by atoms with Crippen LogP contribution in [0.3, 0.4) is 0 Å². The van der Waals surface area contributed by atoms with Crippen molar-refractivity contribution in [1.82, 2.24) is 5.43 Å². The first kappa shape index (κ1) is 12.9. The van der Waals surface area contributed by atoms with Gasteiger partial charge in [0, 0.05) is 6.04 Å². The molecule has 0 aliphatic rings. The Bertz CT molecular complexity index is 338. The van der Waals surface area contributed by atoms with Gasteiger partial charge in [-0.05, 0) is 18.1 Å². The third-order valence-electron chi connectivity index (χ3n) is 2.14. The van der Waals surface area contributed by atoms with Crippen LogP contribution >= 0.6 is 0 Å². The molecule has 6 heteroatoms. The van der Waals surface area contributed by atoms with Gasteiger partial charge in [0.1, 0.15) is 5.82 Å². The van der Waals surface area contributed by atoms with E-state index in [0.717, 1.165) is 0 Å². The summed E-state index contributed by atoms with van der Waals surface area (Å²) in [7, 11) is 0. The molecule has 0 spiro atoms. The number of hydrogen-bond acceptors (Lipinski definition) is 2. The number of halogens is 4. The monoisotopic (exact) mass is 236 g/mol. The minimum Gasteiger partial charge on any atom is -0.271 e. The Morgan fingerprint density at radius 3 is 2.38 bits per heavy atom. The van der Waals surface area contributed by atoms with E-state index in [4.69, 9.17) is 5.84 Å². The number of alkyl halides is 3. The summed E-state index contributed by atoms with van der Waals surface area (Å²) in [6.45, 7) is 0. The summed E-state index contributed by atoms with van der Waals surface area (Å²) >= 11 is 0. The van der Waals surface area contributed by atoms with Crippen molar-refractivity contribution in [3.8, 4) is 0 Å².